The number of thiophene rings is 1. The van der Waals surface area contributed by atoms with Gasteiger partial charge in [-0.15, -0.1) is 11.3 Å². The molecule has 2 N–H and O–H groups in total. The van der Waals surface area contributed by atoms with E-state index >= 15 is 0 Å². The number of ether oxygens (including phenoxy) is 2. The zero-order chi connectivity index (χ0) is 24.1. The van der Waals surface area contributed by atoms with Crippen LogP contribution in [0.3, 0.4) is 0 Å². The van der Waals surface area contributed by atoms with Crippen LogP contribution in [0.4, 0.5) is 5.69 Å². The number of benzene rings is 2. The summed E-state index contributed by atoms with van der Waals surface area (Å²) in [6.07, 6.45) is 0.261. The number of hydrogen-bond donors (Lipinski definition) is 2. The van der Waals surface area contributed by atoms with E-state index in [-0.39, 0.29) is 18.6 Å². The number of aliphatic hydroxyl groups excluding tert-OH is 1. The molecule has 180 valence electrons. The molecule has 0 spiro atoms. The molecule has 9 heteroatoms. The van der Waals surface area contributed by atoms with Crippen molar-refractivity contribution in [3.05, 3.63) is 74.4 Å². The Morgan fingerprint density at radius 3 is 2.76 bits per heavy atom. The maximum absolute atomic E-state index is 12.6. The largest absolute Gasteiger partial charge is 0.489 e. The average molecular weight is 521 g/mol. The number of halogens is 2. The van der Waals surface area contributed by atoms with Crippen molar-refractivity contribution in [2.75, 3.05) is 31.6 Å². The Morgan fingerprint density at radius 2 is 2.03 bits per heavy atom. The van der Waals surface area contributed by atoms with Crippen molar-refractivity contribution in [2.45, 2.75) is 25.6 Å². The van der Waals surface area contributed by atoms with Crippen LogP contribution in [-0.4, -0.2) is 54.4 Å². The van der Waals surface area contributed by atoms with Crippen LogP contribution in [0, 0.1) is 6.92 Å². The van der Waals surface area contributed by atoms with Gasteiger partial charge in [-0.25, -0.2) is 0 Å². The van der Waals surface area contributed by atoms with Crippen molar-refractivity contribution in [1.82, 2.24) is 4.90 Å². The Hall–Kier alpha value is -2.29. The highest BCUT2D eigenvalue weighted by atomic mass is 35.5. The van der Waals surface area contributed by atoms with E-state index in [1.165, 1.54) is 11.3 Å². The van der Waals surface area contributed by atoms with Gasteiger partial charge in [0, 0.05) is 24.7 Å². The Bertz CT molecular complexity index is 1120. The fourth-order valence-corrected chi connectivity index (χ4v) is 4.95. The first kappa shape index (κ1) is 24.8. The summed E-state index contributed by atoms with van der Waals surface area (Å²) in [6.45, 7) is 4.08. The summed E-state index contributed by atoms with van der Waals surface area (Å²) in [5.74, 6) is 1.00. The average Bonchev–Trinajstić information content (AvgIpc) is 3.44. The summed E-state index contributed by atoms with van der Waals surface area (Å²) >= 11 is 13.3. The Morgan fingerprint density at radius 1 is 1.24 bits per heavy atom. The molecule has 2 aromatic carbocycles. The van der Waals surface area contributed by atoms with E-state index in [4.69, 9.17) is 32.7 Å². The molecule has 1 aliphatic rings. The van der Waals surface area contributed by atoms with Crippen LogP contribution in [0.2, 0.25) is 10.0 Å². The van der Waals surface area contributed by atoms with Gasteiger partial charge >= 0.3 is 0 Å². The molecule has 1 aromatic heterocycles. The summed E-state index contributed by atoms with van der Waals surface area (Å²) in [4.78, 5) is 15.2. The number of carbonyl (C=O) groups excluding carboxylic acids is 1. The lowest BCUT2D eigenvalue weighted by Crippen LogP contribution is -2.35. The summed E-state index contributed by atoms with van der Waals surface area (Å²) in [5, 5.41) is 16.3. The third-order valence-electron chi connectivity index (χ3n) is 5.45. The van der Waals surface area contributed by atoms with Gasteiger partial charge in [-0.1, -0.05) is 29.3 Å². The van der Waals surface area contributed by atoms with Gasteiger partial charge in [0.1, 0.15) is 35.2 Å². The molecule has 3 aromatic rings. The van der Waals surface area contributed by atoms with Gasteiger partial charge in [-0.3, -0.25) is 9.69 Å². The molecule has 1 amide bonds. The highest BCUT2D eigenvalue weighted by Crippen LogP contribution is 2.29. The van der Waals surface area contributed by atoms with Gasteiger partial charge in [0.05, 0.1) is 10.7 Å². The highest BCUT2D eigenvalue weighted by Gasteiger charge is 2.26. The first-order valence-electron chi connectivity index (χ1n) is 11.0. The fraction of sp³-hybridized carbons (Fsp3) is 0.320. The third-order valence-corrected chi connectivity index (χ3v) is 7.05. The molecule has 0 radical (unpaired) electrons. The smallest absolute Gasteiger partial charge is 0.267 e. The van der Waals surface area contributed by atoms with E-state index in [0.29, 0.717) is 32.9 Å². The van der Waals surface area contributed by atoms with E-state index in [2.05, 4.69) is 10.2 Å². The lowest BCUT2D eigenvalue weighted by atomic mass is 10.2. The molecule has 0 bridgehead atoms. The molecule has 2 unspecified atom stereocenters. The molecule has 34 heavy (non-hydrogen) atoms. The van der Waals surface area contributed by atoms with Crippen LogP contribution in [0.25, 0.3) is 0 Å². The van der Waals surface area contributed by atoms with Crippen molar-refractivity contribution < 1.29 is 19.4 Å². The molecule has 4 rings (SSSR count). The first-order chi connectivity index (χ1) is 16.4. The van der Waals surface area contributed by atoms with Gasteiger partial charge in [0.25, 0.3) is 5.91 Å². The van der Waals surface area contributed by atoms with Gasteiger partial charge in [0.2, 0.25) is 0 Å². The Labute approximate surface area is 213 Å². The van der Waals surface area contributed by atoms with Gasteiger partial charge < -0.3 is 19.9 Å². The fourth-order valence-electron chi connectivity index (χ4n) is 3.79. The zero-order valence-corrected chi connectivity index (χ0v) is 21.0. The second-order valence-corrected chi connectivity index (χ2v) is 10.0. The maximum atomic E-state index is 12.6. The number of aryl methyl sites for hydroxylation is 1. The number of hydrogen-bond acceptors (Lipinski definition) is 6. The van der Waals surface area contributed by atoms with Crippen LogP contribution in [0.1, 0.15) is 21.7 Å². The van der Waals surface area contributed by atoms with Crippen LogP contribution in [-0.2, 0) is 0 Å². The number of nitrogens with zero attached hydrogens (tertiary/aromatic N) is 1. The molecule has 0 saturated carbocycles. The number of aliphatic hydroxyl groups is 1. The number of anilines is 1. The minimum absolute atomic E-state index is 0.0666. The Balaban J connectivity index is 1.28. The van der Waals surface area contributed by atoms with E-state index < -0.39 is 6.10 Å². The molecule has 0 aliphatic carbocycles. The summed E-state index contributed by atoms with van der Waals surface area (Å²) in [7, 11) is 0. The van der Waals surface area contributed by atoms with E-state index in [9.17, 15) is 9.90 Å². The lowest BCUT2D eigenvalue weighted by molar-refractivity contribution is 0.0722. The number of likely N-dealkylation sites (tertiary alicyclic amines) is 1. The molecule has 1 saturated heterocycles. The number of rotatable bonds is 9. The zero-order valence-electron chi connectivity index (χ0n) is 18.7. The molecular weight excluding hydrogens is 495 g/mol. The Kier molecular flexibility index (Phi) is 8.34. The van der Waals surface area contributed by atoms with Crippen molar-refractivity contribution >= 4 is 46.1 Å². The van der Waals surface area contributed by atoms with E-state index in [1.807, 2.05) is 43.3 Å². The second-order valence-electron chi connectivity index (χ2n) is 8.26. The standard InChI is InChI=1S/C25H26Cl2N2O4S/c1-16-2-7-22(28-25(31)24-21(27)9-11-34-24)23(12-16)32-15-18(30)13-29-10-8-20(14-29)33-19-5-3-17(26)4-6-19/h2-7,9,11-12,18,20,30H,8,10,13-15H2,1H3,(H,28,31). The summed E-state index contributed by atoms with van der Waals surface area (Å²) in [6, 6.07) is 14.5. The van der Waals surface area contributed by atoms with Gasteiger partial charge in [-0.05, 0) is 66.8 Å². The first-order valence-corrected chi connectivity index (χ1v) is 12.6. The number of amides is 1. The van der Waals surface area contributed by atoms with Crippen molar-refractivity contribution in [3.63, 3.8) is 0 Å². The van der Waals surface area contributed by atoms with E-state index in [1.54, 1.807) is 17.5 Å². The molecule has 2 heterocycles. The molecular formula is C25H26Cl2N2O4S. The predicted octanol–water partition coefficient (Wildman–Crippen LogP) is 5.51. The van der Waals surface area contributed by atoms with Crippen molar-refractivity contribution in [3.8, 4) is 11.5 Å². The summed E-state index contributed by atoms with van der Waals surface area (Å²) < 4.78 is 11.9. The second kappa shape index (κ2) is 11.4. The van der Waals surface area contributed by atoms with Crippen molar-refractivity contribution in [1.29, 1.82) is 0 Å². The number of carbonyl (C=O) groups is 1. The SMILES string of the molecule is Cc1ccc(NC(=O)c2sccc2Cl)c(OCC(O)CN2CCC(Oc3ccc(Cl)cc3)C2)c1. The van der Waals surface area contributed by atoms with Crippen molar-refractivity contribution in [2.24, 2.45) is 0 Å². The predicted molar refractivity (Wildman–Crippen MR) is 137 cm³/mol. The van der Waals surface area contributed by atoms with Crippen LogP contribution < -0.4 is 14.8 Å². The minimum atomic E-state index is -0.690. The monoisotopic (exact) mass is 520 g/mol. The maximum Gasteiger partial charge on any atom is 0.267 e. The molecule has 2 atom stereocenters. The highest BCUT2D eigenvalue weighted by molar-refractivity contribution is 7.12. The quantitative estimate of drug-likeness (QED) is 0.389. The minimum Gasteiger partial charge on any atom is -0.489 e. The number of nitrogens with one attached hydrogen (secondary N) is 1. The van der Waals surface area contributed by atoms with Crippen LogP contribution >= 0.6 is 34.5 Å². The molecule has 1 aliphatic heterocycles. The van der Waals surface area contributed by atoms with Gasteiger partial charge in [0.15, 0.2) is 0 Å². The molecule has 1 fully saturated rings. The van der Waals surface area contributed by atoms with Crippen LogP contribution in [0.5, 0.6) is 11.5 Å². The normalized spacial score (nSPS) is 16.9. The summed E-state index contributed by atoms with van der Waals surface area (Å²) in [5.41, 5.74) is 1.52. The van der Waals surface area contributed by atoms with Gasteiger partial charge in [-0.2, -0.15) is 0 Å². The third kappa shape index (κ3) is 6.64. The number of β-amino-alcohol motifs (C(OH)–C–C–N with tert-alkyl or cyclic N) is 1. The lowest BCUT2D eigenvalue weighted by Gasteiger charge is -2.21. The molecule has 6 nitrogen and oxygen atoms in total. The van der Waals surface area contributed by atoms with E-state index in [0.717, 1.165) is 30.8 Å². The topological polar surface area (TPSA) is 71.0 Å². The van der Waals surface area contributed by atoms with Crippen LogP contribution in [0.15, 0.2) is 53.9 Å².